The Balaban J connectivity index is 1.17. The standard InChI is InChI=1S/C23H21ClN6O2/c24-18-8-6-17(7-9-18)22-25-21(32-27-22)16-28-12-14-29(15-13-28)23(31)20-10-11-30(26-20)19-4-2-1-3-5-19/h1-11H,12-16H2. The van der Waals surface area contributed by atoms with Gasteiger partial charge in [-0.2, -0.15) is 10.1 Å². The third-order valence-corrected chi connectivity index (χ3v) is 5.67. The third-order valence-electron chi connectivity index (χ3n) is 5.42. The van der Waals surface area contributed by atoms with Gasteiger partial charge in [0.15, 0.2) is 5.69 Å². The van der Waals surface area contributed by atoms with Crippen molar-refractivity contribution in [2.24, 2.45) is 0 Å². The van der Waals surface area contributed by atoms with Gasteiger partial charge in [-0.25, -0.2) is 4.68 Å². The largest absolute Gasteiger partial charge is 0.338 e. The zero-order chi connectivity index (χ0) is 21.9. The number of carbonyl (C=O) groups is 1. The first-order chi connectivity index (χ1) is 15.7. The molecule has 1 amide bonds. The average molecular weight is 449 g/mol. The molecule has 32 heavy (non-hydrogen) atoms. The Morgan fingerprint density at radius 3 is 2.47 bits per heavy atom. The van der Waals surface area contributed by atoms with Crippen molar-refractivity contribution < 1.29 is 9.32 Å². The highest BCUT2D eigenvalue weighted by Gasteiger charge is 2.25. The van der Waals surface area contributed by atoms with Gasteiger partial charge in [0.2, 0.25) is 11.7 Å². The van der Waals surface area contributed by atoms with Crippen LogP contribution in [0.5, 0.6) is 0 Å². The van der Waals surface area contributed by atoms with Crippen LogP contribution in [0.25, 0.3) is 17.1 Å². The number of hydrogen-bond acceptors (Lipinski definition) is 6. The van der Waals surface area contributed by atoms with E-state index in [1.54, 1.807) is 22.9 Å². The van der Waals surface area contributed by atoms with E-state index >= 15 is 0 Å². The van der Waals surface area contributed by atoms with Gasteiger partial charge in [-0.3, -0.25) is 9.69 Å². The Hall–Kier alpha value is -3.49. The zero-order valence-corrected chi connectivity index (χ0v) is 18.0. The summed E-state index contributed by atoms with van der Waals surface area (Å²) in [4.78, 5) is 21.4. The van der Waals surface area contributed by atoms with Crippen LogP contribution in [0.2, 0.25) is 5.02 Å². The van der Waals surface area contributed by atoms with Crippen LogP contribution in [-0.4, -0.2) is 61.8 Å². The molecule has 3 heterocycles. The molecule has 1 fully saturated rings. The van der Waals surface area contributed by atoms with Gasteiger partial charge < -0.3 is 9.42 Å². The second-order valence-electron chi connectivity index (χ2n) is 7.57. The molecule has 9 heteroatoms. The highest BCUT2D eigenvalue weighted by Crippen LogP contribution is 2.19. The molecule has 0 saturated carbocycles. The van der Waals surface area contributed by atoms with E-state index in [1.807, 2.05) is 53.6 Å². The highest BCUT2D eigenvalue weighted by atomic mass is 35.5. The zero-order valence-electron chi connectivity index (χ0n) is 17.3. The van der Waals surface area contributed by atoms with Crippen molar-refractivity contribution in [3.8, 4) is 17.1 Å². The summed E-state index contributed by atoms with van der Waals surface area (Å²) in [7, 11) is 0. The van der Waals surface area contributed by atoms with Crippen LogP contribution in [0.3, 0.4) is 0 Å². The van der Waals surface area contributed by atoms with Crippen molar-refractivity contribution in [3.05, 3.63) is 83.5 Å². The van der Waals surface area contributed by atoms with Gasteiger partial charge in [0, 0.05) is 43.0 Å². The van der Waals surface area contributed by atoms with Crippen molar-refractivity contribution in [1.82, 2.24) is 29.7 Å². The molecule has 1 aliphatic rings. The molecule has 0 N–H and O–H groups in total. The molecule has 4 aromatic rings. The van der Waals surface area contributed by atoms with Crippen molar-refractivity contribution in [2.75, 3.05) is 26.2 Å². The second kappa shape index (κ2) is 8.94. The van der Waals surface area contributed by atoms with Crippen LogP contribution in [0.1, 0.15) is 16.4 Å². The number of carbonyl (C=O) groups excluding carboxylic acids is 1. The maximum atomic E-state index is 12.9. The first kappa shape index (κ1) is 20.4. The number of hydrogen-bond donors (Lipinski definition) is 0. The van der Waals surface area contributed by atoms with E-state index in [-0.39, 0.29) is 5.91 Å². The fourth-order valence-electron chi connectivity index (χ4n) is 3.66. The van der Waals surface area contributed by atoms with E-state index in [0.29, 0.717) is 42.1 Å². The Bertz CT molecular complexity index is 1200. The van der Waals surface area contributed by atoms with E-state index in [0.717, 1.165) is 24.3 Å². The van der Waals surface area contributed by atoms with Gasteiger partial charge in [0.05, 0.1) is 12.2 Å². The SMILES string of the molecule is O=C(c1ccn(-c2ccccc2)n1)N1CCN(Cc2nc(-c3ccc(Cl)cc3)no2)CC1. The lowest BCUT2D eigenvalue weighted by Crippen LogP contribution is -2.48. The van der Waals surface area contributed by atoms with Gasteiger partial charge >= 0.3 is 0 Å². The van der Waals surface area contributed by atoms with Gasteiger partial charge in [-0.15, -0.1) is 0 Å². The van der Waals surface area contributed by atoms with Crippen LogP contribution in [0.15, 0.2) is 71.4 Å². The van der Waals surface area contributed by atoms with Crippen molar-refractivity contribution in [1.29, 1.82) is 0 Å². The van der Waals surface area contributed by atoms with Crippen LogP contribution < -0.4 is 0 Å². The molecular formula is C23H21ClN6O2. The Morgan fingerprint density at radius 2 is 1.72 bits per heavy atom. The number of aromatic nitrogens is 4. The van der Waals surface area contributed by atoms with Crippen LogP contribution >= 0.6 is 11.6 Å². The molecule has 0 radical (unpaired) electrons. The summed E-state index contributed by atoms with van der Waals surface area (Å²) in [5.41, 5.74) is 2.23. The maximum Gasteiger partial charge on any atom is 0.274 e. The highest BCUT2D eigenvalue weighted by molar-refractivity contribution is 6.30. The summed E-state index contributed by atoms with van der Waals surface area (Å²) in [6.07, 6.45) is 1.81. The summed E-state index contributed by atoms with van der Waals surface area (Å²) in [5.74, 6) is 1.04. The van der Waals surface area contributed by atoms with Gasteiger partial charge in [-0.05, 0) is 42.5 Å². The number of benzene rings is 2. The van der Waals surface area contributed by atoms with Crippen LogP contribution in [0.4, 0.5) is 0 Å². The molecule has 0 unspecified atom stereocenters. The summed E-state index contributed by atoms with van der Waals surface area (Å²) < 4.78 is 7.13. The fourth-order valence-corrected chi connectivity index (χ4v) is 3.79. The normalized spacial score (nSPS) is 14.6. The minimum absolute atomic E-state index is 0.0536. The van der Waals surface area contributed by atoms with E-state index in [9.17, 15) is 4.79 Å². The quantitative estimate of drug-likeness (QED) is 0.464. The topological polar surface area (TPSA) is 80.3 Å². The van der Waals surface area contributed by atoms with Gasteiger partial charge in [0.25, 0.3) is 5.91 Å². The summed E-state index contributed by atoms with van der Waals surface area (Å²) in [6, 6.07) is 18.8. The van der Waals surface area contributed by atoms with Crippen LogP contribution in [0, 0.1) is 0 Å². The van der Waals surface area contributed by atoms with E-state index in [1.165, 1.54) is 0 Å². The fraction of sp³-hybridized carbons (Fsp3) is 0.217. The molecule has 8 nitrogen and oxygen atoms in total. The first-order valence-corrected chi connectivity index (χ1v) is 10.7. The lowest BCUT2D eigenvalue weighted by Gasteiger charge is -2.33. The summed E-state index contributed by atoms with van der Waals surface area (Å²) in [5, 5.41) is 9.17. The predicted octanol–water partition coefficient (Wildman–Crippen LogP) is 3.53. The lowest BCUT2D eigenvalue weighted by atomic mass is 10.2. The molecule has 1 saturated heterocycles. The Morgan fingerprint density at radius 1 is 0.969 bits per heavy atom. The molecule has 5 rings (SSSR count). The summed E-state index contributed by atoms with van der Waals surface area (Å²) >= 11 is 5.93. The number of halogens is 1. The molecule has 2 aromatic carbocycles. The maximum absolute atomic E-state index is 12.9. The molecule has 0 bridgehead atoms. The van der Waals surface area contributed by atoms with Gasteiger partial charge in [-0.1, -0.05) is 35.0 Å². The average Bonchev–Trinajstić information content (AvgIpc) is 3.51. The smallest absolute Gasteiger partial charge is 0.274 e. The Labute approximate surface area is 190 Å². The summed E-state index contributed by atoms with van der Waals surface area (Å²) in [6.45, 7) is 3.24. The van der Waals surface area contributed by atoms with Gasteiger partial charge in [0.1, 0.15) is 0 Å². The van der Waals surface area contributed by atoms with E-state index in [2.05, 4.69) is 20.1 Å². The first-order valence-electron chi connectivity index (χ1n) is 10.4. The number of piperazine rings is 1. The molecule has 1 aliphatic heterocycles. The van der Waals surface area contributed by atoms with Crippen molar-refractivity contribution >= 4 is 17.5 Å². The molecule has 162 valence electrons. The number of nitrogens with zero attached hydrogens (tertiary/aromatic N) is 6. The lowest BCUT2D eigenvalue weighted by molar-refractivity contribution is 0.0609. The Kier molecular flexibility index (Phi) is 5.70. The molecule has 0 aliphatic carbocycles. The molecule has 2 aromatic heterocycles. The number of amides is 1. The van der Waals surface area contributed by atoms with E-state index < -0.39 is 0 Å². The predicted molar refractivity (Wildman–Crippen MR) is 119 cm³/mol. The molecular weight excluding hydrogens is 428 g/mol. The number of para-hydroxylation sites is 1. The van der Waals surface area contributed by atoms with E-state index in [4.69, 9.17) is 16.1 Å². The van der Waals surface area contributed by atoms with Crippen molar-refractivity contribution in [3.63, 3.8) is 0 Å². The minimum Gasteiger partial charge on any atom is -0.338 e. The van der Waals surface area contributed by atoms with Crippen LogP contribution in [-0.2, 0) is 6.54 Å². The monoisotopic (exact) mass is 448 g/mol. The molecule has 0 spiro atoms. The second-order valence-corrected chi connectivity index (χ2v) is 8.00. The number of rotatable bonds is 5. The van der Waals surface area contributed by atoms with Crippen molar-refractivity contribution in [2.45, 2.75) is 6.54 Å². The minimum atomic E-state index is -0.0536. The molecule has 0 atom stereocenters. The third kappa shape index (κ3) is 4.42.